The predicted molar refractivity (Wildman–Crippen MR) is 115 cm³/mol. The Morgan fingerprint density at radius 3 is 2.28 bits per heavy atom. The Hall–Kier alpha value is -2.02. The fourth-order valence-corrected chi connectivity index (χ4v) is 7.20. The van der Waals surface area contributed by atoms with Gasteiger partial charge in [0.1, 0.15) is 0 Å². The number of rotatable bonds is 6. The third-order valence-corrected chi connectivity index (χ3v) is 9.19. The van der Waals surface area contributed by atoms with Crippen LogP contribution in [0.3, 0.4) is 0 Å². The van der Waals surface area contributed by atoms with E-state index in [0.717, 1.165) is 0 Å². The van der Waals surface area contributed by atoms with Crippen LogP contribution in [0.1, 0.15) is 30.6 Å². The predicted octanol–water partition coefficient (Wildman–Crippen LogP) is 0.287. The molecule has 12 heteroatoms. The maximum absolute atomic E-state index is 12.9. The third kappa shape index (κ3) is 5.66. The van der Waals surface area contributed by atoms with Crippen molar-refractivity contribution in [2.45, 2.75) is 43.4 Å². The first kappa shape index (κ1) is 24.6. The molecule has 1 amide bonds. The molecule has 2 aliphatic rings. The summed E-state index contributed by atoms with van der Waals surface area (Å²) in [5, 5.41) is 0. The number of nitrogens with zero attached hydrogens (tertiary/aromatic N) is 2. The van der Waals surface area contributed by atoms with E-state index in [4.69, 9.17) is 9.47 Å². The molecule has 2 heterocycles. The highest BCUT2D eigenvalue weighted by Crippen LogP contribution is 2.22. The Bertz CT molecular complexity index is 1060. The molecule has 2 aliphatic heterocycles. The van der Waals surface area contributed by atoms with Crippen LogP contribution in [0, 0.1) is 0 Å². The molecule has 3 unspecified atom stereocenters. The molecular weight excluding hydrogens is 460 g/mol. The van der Waals surface area contributed by atoms with Gasteiger partial charge in [-0.1, -0.05) is 0 Å². The topological polar surface area (TPSA) is 127 Å². The fourth-order valence-electron chi connectivity index (χ4n) is 3.84. The summed E-state index contributed by atoms with van der Waals surface area (Å²) < 4.78 is 60.9. The van der Waals surface area contributed by atoms with E-state index in [2.05, 4.69) is 0 Å². The zero-order valence-corrected chi connectivity index (χ0v) is 19.9. The molecule has 1 aromatic carbocycles. The average Bonchev–Trinajstić information content (AvgIpc) is 3.10. The van der Waals surface area contributed by atoms with Crippen molar-refractivity contribution < 1.29 is 35.9 Å². The Labute approximate surface area is 188 Å². The van der Waals surface area contributed by atoms with Crippen LogP contribution in [0.2, 0.25) is 0 Å². The molecule has 0 bridgehead atoms. The molecule has 0 aromatic heterocycles. The van der Waals surface area contributed by atoms with Crippen LogP contribution < -0.4 is 0 Å². The van der Waals surface area contributed by atoms with Gasteiger partial charge in [0.25, 0.3) is 5.91 Å². The molecule has 178 valence electrons. The number of amides is 1. The summed E-state index contributed by atoms with van der Waals surface area (Å²) in [5.41, 5.74) is 0.103. The van der Waals surface area contributed by atoms with Crippen molar-refractivity contribution in [2.24, 2.45) is 0 Å². The molecule has 0 aliphatic carbocycles. The van der Waals surface area contributed by atoms with Crippen molar-refractivity contribution in [1.29, 1.82) is 0 Å². The average molecular weight is 489 g/mol. The molecule has 0 N–H and O–H groups in total. The molecule has 1 aromatic rings. The number of carbonyl (C=O) groups excluding carboxylic acids is 2. The number of morpholine rings is 1. The van der Waals surface area contributed by atoms with Gasteiger partial charge in [-0.05, 0) is 44.5 Å². The van der Waals surface area contributed by atoms with E-state index in [1.807, 2.05) is 13.8 Å². The van der Waals surface area contributed by atoms with Gasteiger partial charge < -0.3 is 14.4 Å². The second-order valence-electron chi connectivity index (χ2n) is 8.24. The lowest BCUT2D eigenvalue weighted by atomic mass is 10.2. The number of carbonyl (C=O) groups is 2. The quantitative estimate of drug-likeness (QED) is 0.523. The van der Waals surface area contributed by atoms with Crippen LogP contribution in [0.5, 0.6) is 0 Å². The number of hydrogen-bond acceptors (Lipinski definition) is 8. The third-order valence-electron chi connectivity index (χ3n) is 5.59. The number of esters is 1. The van der Waals surface area contributed by atoms with Crippen molar-refractivity contribution in [3.8, 4) is 0 Å². The number of likely N-dealkylation sites (N-methyl/N-ethyl adjacent to an activating group) is 1. The van der Waals surface area contributed by atoms with Crippen molar-refractivity contribution in [3.05, 3.63) is 29.8 Å². The van der Waals surface area contributed by atoms with E-state index in [1.165, 1.54) is 40.5 Å². The SMILES string of the molecule is CC1CN(S(=O)(=O)c2ccc(C(=O)OCC(=O)N(C)C3CCS(=O)(=O)C3)cc2)CC(C)O1. The van der Waals surface area contributed by atoms with Crippen molar-refractivity contribution in [3.63, 3.8) is 0 Å². The summed E-state index contributed by atoms with van der Waals surface area (Å²) in [6.45, 7) is 3.57. The van der Waals surface area contributed by atoms with Crippen LogP contribution in [0.25, 0.3) is 0 Å². The lowest BCUT2D eigenvalue weighted by molar-refractivity contribution is -0.134. The Balaban J connectivity index is 1.58. The molecule has 32 heavy (non-hydrogen) atoms. The van der Waals surface area contributed by atoms with Crippen molar-refractivity contribution in [1.82, 2.24) is 9.21 Å². The molecule has 2 saturated heterocycles. The minimum absolute atomic E-state index is 0.0343. The van der Waals surface area contributed by atoms with Gasteiger partial charge in [0.05, 0.1) is 34.2 Å². The van der Waals surface area contributed by atoms with E-state index in [1.54, 1.807) is 0 Å². The summed E-state index contributed by atoms with van der Waals surface area (Å²) >= 11 is 0. The summed E-state index contributed by atoms with van der Waals surface area (Å²) in [6.07, 6.45) is -0.0830. The first-order valence-corrected chi connectivity index (χ1v) is 13.5. The highest BCUT2D eigenvalue weighted by atomic mass is 32.2. The molecule has 0 radical (unpaired) electrons. The number of sulfonamides is 1. The first-order chi connectivity index (χ1) is 14.9. The molecule has 10 nitrogen and oxygen atoms in total. The largest absolute Gasteiger partial charge is 0.452 e. The van der Waals surface area contributed by atoms with Crippen LogP contribution in [0.4, 0.5) is 0 Å². The zero-order valence-electron chi connectivity index (χ0n) is 18.3. The van der Waals surface area contributed by atoms with E-state index in [9.17, 15) is 26.4 Å². The van der Waals surface area contributed by atoms with Gasteiger partial charge in [-0.25, -0.2) is 21.6 Å². The lowest BCUT2D eigenvalue weighted by Crippen LogP contribution is -2.48. The van der Waals surface area contributed by atoms with Gasteiger partial charge in [-0.3, -0.25) is 4.79 Å². The van der Waals surface area contributed by atoms with Gasteiger partial charge in [0.15, 0.2) is 16.4 Å². The highest BCUT2D eigenvalue weighted by molar-refractivity contribution is 7.91. The normalized spacial score (nSPS) is 25.9. The molecule has 0 spiro atoms. The van der Waals surface area contributed by atoms with E-state index in [0.29, 0.717) is 6.42 Å². The Morgan fingerprint density at radius 1 is 1.16 bits per heavy atom. The van der Waals surface area contributed by atoms with Gasteiger partial charge in [-0.15, -0.1) is 0 Å². The van der Waals surface area contributed by atoms with Gasteiger partial charge >= 0.3 is 5.97 Å². The van der Waals surface area contributed by atoms with Crippen LogP contribution in [-0.4, -0.2) is 94.4 Å². The number of hydrogen-bond donors (Lipinski definition) is 0. The summed E-state index contributed by atoms with van der Waals surface area (Å²) in [6, 6.07) is 4.89. The fraction of sp³-hybridized carbons (Fsp3) is 0.600. The van der Waals surface area contributed by atoms with Crippen molar-refractivity contribution in [2.75, 3.05) is 38.2 Å². The number of sulfone groups is 1. The standard InChI is InChI=1S/C20H28N2O8S2/c1-14-10-22(11-15(2)30-14)32(27,28)18-6-4-16(5-7-18)20(24)29-12-19(23)21(3)17-8-9-31(25,26)13-17/h4-7,14-15,17H,8-13H2,1-3H3. The maximum atomic E-state index is 12.9. The molecule has 3 rings (SSSR count). The molecule has 3 atom stereocenters. The van der Waals surface area contributed by atoms with E-state index in [-0.39, 0.29) is 47.3 Å². The zero-order chi connectivity index (χ0) is 23.7. The summed E-state index contributed by atoms with van der Waals surface area (Å²) in [5.74, 6) is -1.34. The summed E-state index contributed by atoms with van der Waals surface area (Å²) in [7, 11) is -5.39. The molecular formula is C20H28N2O8S2. The maximum Gasteiger partial charge on any atom is 0.338 e. The van der Waals surface area contributed by atoms with Gasteiger partial charge in [-0.2, -0.15) is 4.31 Å². The lowest BCUT2D eigenvalue weighted by Gasteiger charge is -2.34. The molecule has 2 fully saturated rings. The summed E-state index contributed by atoms with van der Waals surface area (Å²) in [4.78, 5) is 25.9. The highest BCUT2D eigenvalue weighted by Gasteiger charge is 2.34. The smallest absolute Gasteiger partial charge is 0.338 e. The van der Waals surface area contributed by atoms with E-state index >= 15 is 0 Å². The Morgan fingerprint density at radius 2 is 1.75 bits per heavy atom. The minimum atomic E-state index is -3.73. The minimum Gasteiger partial charge on any atom is -0.452 e. The van der Waals surface area contributed by atoms with Crippen molar-refractivity contribution >= 4 is 31.7 Å². The monoisotopic (exact) mass is 488 g/mol. The number of benzene rings is 1. The first-order valence-electron chi connectivity index (χ1n) is 10.3. The van der Waals surface area contributed by atoms with E-state index < -0.39 is 44.4 Å². The second kappa shape index (κ2) is 9.46. The number of ether oxygens (including phenoxy) is 2. The van der Waals surface area contributed by atoms with Crippen LogP contribution in [-0.2, 0) is 34.1 Å². The van der Waals surface area contributed by atoms with Crippen LogP contribution in [0.15, 0.2) is 29.2 Å². The van der Waals surface area contributed by atoms with Crippen LogP contribution >= 0.6 is 0 Å². The second-order valence-corrected chi connectivity index (χ2v) is 12.4. The Kier molecular flexibility index (Phi) is 7.28. The molecule has 0 saturated carbocycles. The van der Waals surface area contributed by atoms with Gasteiger partial charge in [0, 0.05) is 26.2 Å². The van der Waals surface area contributed by atoms with Gasteiger partial charge in [0.2, 0.25) is 10.0 Å².